The average Bonchev–Trinajstić information content (AvgIpc) is 2.99. The monoisotopic (exact) mass is 272 g/mol. The Bertz CT molecular complexity index is 610. The van der Waals surface area contributed by atoms with Gasteiger partial charge in [-0.25, -0.2) is 0 Å². The van der Waals surface area contributed by atoms with Crippen molar-refractivity contribution in [3.05, 3.63) is 42.0 Å². The molecule has 6 nitrogen and oxygen atoms in total. The highest BCUT2D eigenvalue weighted by Gasteiger charge is 2.21. The van der Waals surface area contributed by atoms with E-state index < -0.39 is 0 Å². The summed E-state index contributed by atoms with van der Waals surface area (Å²) in [7, 11) is 1.67. The largest absolute Gasteiger partial charge is 0.497 e. The minimum absolute atomic E-state index is 0.0891. The van der Waals surface area contributed by atoms with Crippen LogP contribution in [0.1, 0.15) is 11.1 Å². The van der Waals surface area contributed by atoms with Gasteiger partial charge in [0, 0.05) is 13.1 Å². The number of fused-ring (bicyclic) bond motifs is 1. The number of methoxy groups -OCH3 is 1. The van der Waals surface area contributed by atoms with Crippen molar-refractivity contribution in [3.63, 3.8) is 0 Å². The Morgan fingerprint density at radius 3 is 2.85 bits per heavy atom. The number of ether oxygens (including phenoxy) is 1. The Hall–Kier alpha value is -2.37. The lowest BCUT2D eigenvalue weighted by molar-refractivity contribution is -0.132. The van der Waals surface area contributed by atoms with Gasteiger partial charge in [0.25, 0.3) is 0 Å². The van der Waals surface area contributed by atoms with E-state index in [1.807, 2.05) is 17.0 Å². The van der Waals surface area contributed by atoms with E-state index in [1.165, 1.54) is 11.1 Å². The van der Waals surface area contributed by atoms with Gasteiger partial charge >= 0.3 is 0 Å². The van der Waals surface area contributed by atoms with Crippen LogP contribution >= 0.6 is 0 Å². The van der Waals surface area contributed by atoms with Crippen LogP contribution in [0.15, 0.2) is 30.9 Å². The van der Waals surface area contributed by atoms with E-state index in [0.717, 1.165) is 18.7 Å². The molecule has 0 spiro atoms. The van der Waals surface area contributed by atoms with Crippen molar-refractivity contribution in [1.82, 2.24) is 19.7 Å². The number of carbonyl (C=O) groups is 1. The van der Waals surface area contributed by atoms with Crippen LogP contribution in [-0.2, 0) is 24.3 Å². The van der Waals surface area contributed by atoms with Crippen molar-refractivity contribution in [2.24, 2.45) is 0 Å². The molecule has 2 aromatic rings. The molecule has 104 valence electrons. The van der Waals surface area contributed by atoms with Crippen LogP contribution in [0.2, 0.25) is 0 Å². The molecule has 6 heteroatoms. The van der Waals surface area contributed by atoms with E-state index in [1.54, 1.807) is 24.3 Å². The third-order valence-electron chi connectivity index (χ3n) is 3.56. The number of carbonyl (C=O) groups excluding carboxylic acids is 1. The molecule has 1 aromatic heterocycles. The molecular weight excluding hydrogens is 256 g/mol. The second-order valence-electron chi connectivity index (χ2n) is 4.83. The molecule has 1 aliphatic rings. The van der Waals surface area contributed by atoms with Gasteiger partial charge in [0.2, 0.25) is 5.91 Å². The Labute approximate surface area is 117 Å². The standard InChI is InChI=1S/C14H16N4O2/c1-20-13-3-2-12-7-18(5-4-11(12)6-13)14(19)8-17-9-15-16-10-17/h2-3,6,9-10H,4-5,7-8H2,1H3. The molecule has 1 aliphatic heterocycles. The van der Waals surface area contributed by atoms with Crippen molar-refractivity contribution in [2.75, 3.05) is 13.7 Å². The lowest BCUT2D eigenvalue weighted by atomic mass is 9.99. The zero-order valence-electron chi connectivity index (χ0n) is 11.3. The lowest BCUT2D eigenvalue weighted by Crippen LogP contribution is -2.37. The van der Waals surface area contributed by atoms with Gasteiger partial charge < -0.3 is 14.2 Å². The van der Waals surface area contributed by atoms with E-state index in [4.69, 9.17) is 4.74 Å². The normalized spacial score (nSPS) is 13.9. The van der Waals surface area contributed by atoms with E-state index >= 15 is 0 Å². The van der Waals surface area contributed by atoms with Gasteiger partial charge in [0.15, 0.2) is 0 Å². The molecular formula is C14H16N4O2. The predicted octanol–water partition coefficient (Wildman–Crippen LogP) is 0.872. The molecule has 0 atom stereocenters. The molecule has 0 unspecified atom stereocenters. The average molecular weight is 272 g/mol. The molecule has 2 heterocycles. The fourth-order valence-corrected chi connectivity index (χ4v) is 2.43. The lowest BCUT2D eigenvalue weighted by Gasteiger charge is -2.29. The molecule has 0 fully saturated rings. The third kappa shape index (κ3) is 2.49. The van der Waals surface area contributed by atoms with Gasteiger partial charge in [0.1, 0.15) is 24.9 Å². The number of hydrogen-bond acceptors (Lipinski definition) is 4. The summed E-state index contributed by atoms with van der Waals surface area (Å²) in [6, 6.07) is 6.02. The Morgan fingerprint density at radius 1 is 1.30 bits per heavy atom. The van der Waals surface area contributed by atoms with Crippen LogP contribution in [0.4, 0.5) is 0 Å². The van der Waals surface area contributed by atoms with Gasteiger partial charge in [-0.05, 0) is 29.7 Å². The van der Waals surface area contributed by atoms with Crippen molar-refractivity contribution in [3.8, 4) is 5.75 Å². The van der Waals surface area contributed by atoms with E-state index in [0.29, 0.717) is 13.1 Å². The van der Waals surface area contributed by atoms with E-state index in [2.05, 4.69) is 16.3 Å². The molecule has 0 aliphatic carbocycles. The molecule has 0 bridgehead atoms. The number of benzene rings is 1. The second kappa shape index (κ2) is 5.32. The summed E-state index contributed by atoms with van der Waals surface area (Å²) in [4.78, 5) is 14.1. The highest BCUT2D eigenvalue weighted by Crippen LogP contribution is 2.23. The summed E-state index contributed by atoms with van der Waals surface area (Å²) in [6.07, 6.45) is 3.97. The van der Waals surface area contributed by atoms with Crippen LogP contribution in [0.25, 0.3) is 0 Å². The molecule has 0 radical (unpaired) electrons. The molecule has 0 saturated heterocycles. The first-order valence-electron chi connectivity index (χ1n) is 6.52. The van der Waals surface area contributed by atoms with Gasteiger partial charge in [-0.2, -0.15) is 0 Å². The summed E-state index contributed by atoms with van der Waals surface area (Å²) in [6.45, 7) is 1.68. The summed E-state index contributed by atoms with van der Waals surface area (Å²) in [5, 5.41) is 7.41. The number of aromatic nitrogens is 3. The Morgan fingerprint density at radius 2 is 2.10 bits per heavy atom. The number of hydrogen-bond donors (Lipinski definition) is 0. The Kier molecular flexibility index (Phi) is 3.37. The van der Waals surface area contributed by atoms with Crippen LogP contribution in [0, 0.1) is 0 Å². The first-order valence-corrected chi connectivity index (χ1v) is 6.52. The van der Waals surface area contributed by atoms with Crippen LogP contribution in [-0.4, -0.2) is 39.2 Å². The van der Waals surface area contributed by atoms with Gasteiger partial charge in [-0.1, -0.05) is 6.07 Å². The van der Waals surface area contributed by atoms with Crippen molar-refractivity contribution in [2.45, 2.75) is 19.5 Å². The van der Waals surface area contributed by atoms with Gasteiger partial charge in [-0.15, -0.1) is 10.2 Å². The Balaban J connectivity index is 1.70. The first kappa shape index (κ1) is 12.7. The molecule has 20 heavy (non-hydrogen) atoms. The molecule has 1 amide bonds. The minimum Gasteiger partial charge on any atom is -0.497 e. The quantitative estimate of drug-likeness (QED) is 0.832. The number of amides is 1. The molecule has 3 rings (SSSR count). The maximum Gasteiger partial charge on any atom is 0.242 e. The topological polar surface area (TPSA) is 60.2 Å². The SMILES string of the molecule is COc1ccc2c(c1)CCN(C(=O)Cn1cnnc1)C2. The van der Waals surface area contributed by atoms with Crippen LogP contribution in [0.3, 0.4) is 0 Å². The molecule has 1 aromatic carbocycles. The summed E-state index contributed by atoms with van der Waals surface area (Å²) in [5.41, 5.74) is 2.45. The number of nitrogens with zero attached hydrogens (tertiary/aromatic N) is 4. The molecule has 0 N–H and O–H groups in total. The highest BCUT2D eigenvalue weighted by molar-refractivity contribution is 5.76. The smallest absolute Gasteiger partial charge is 0.242 e. The summed E-state index contributed by atoms with van der Waals surface area (Å²) in [5.74, 6) is 0.958. The summed E-state index contributed by atoms with van der Waals surface area (Å²) < 4.78 is 6.91. The fraction of sp³-hybridized carbons (Fsp3) is 0.357. The maximum absolute atomic E-state index is 12.2. The van der Waals surface area contributed by atoms with Crippen LogP contribution in [0.5, 0.6) is 5.75 Å². The minimum atomic E-state index is 0.0891. The first-order chi connectivity index (χ1) is 9.76. The van der Waals surface area contributed by atoms with Crippen molar-refractivity contribution in [1.29, 1.82) is 0 Å². The van der Waals surface area contributed by atoms with E-state index in [-0.39, 0.29) is 5.91 Å². The fourth-order valence-electron chi connectivity index (χ4n) is 2.43. The predicted molar refractivity (Wildman–Crippen MR) is 72.1 cm³/mol. The van der Waals surface area contributed by atoms with E-state index in [9.17, 15) is 4.79 Å². The van der Waals surface area contributed by atoms with Gasteiger partial charge in [0.05, 0.1) is 7.11 Å². The van der Waals surface area contributed by atoms with Crippen molar-refractivity contribution >= 4 is 5.91 Å². The molecule has 0 saturated carbocycles. The summed E-state index contributed by atoms with van der Waals surface area (Å²) >= 11 is 0. The zero-order valence-corrected chi connectivity index (χ0v) is 11.3. The maximum atomic E-state index is 12.2. The van der Waals surface area contributed by atoms with Gasteiger partial charge in [-0.3, -0.25) is 4.79 Å². The highest BCUT2D eigenvalue weighted by atomic mass is 16.5. The second-order valence-corrected chi connectivity index (χ2v) is 4.83. The van der Waals surface area contributed by atoms with Crippen LogP contribution < -0.4 is 4.74 Å². The zero-order chi connectivity index (χ0) is 13.9. The third-order valence-corrected chi connectivity index (χ3v) is 3.56. The van der Waals surface area contributed by atoms with Crippen molar-refractivity contribution < 1.29 is 9.53 Å². The number of rotatable bonds is 3.